The van der Waals surface area contributed by atoms with E-state index in [2.05, 4.69) is 5.32 Å². The van der Waals surface area contributed by atoms with Crippen LogP contribution in [-0.4, -0.2) is 56.1 Å². The number of ether oxygens (including phenoxy) is 1. The largest absolute Gasteiger partial charge is 0.494 e. The molecule has 3 aromatic rings. The molecule has 2 amide bonds. The lowest BCUT2D eigenvalue weighted by molar-refractivity contribution is -0.142. The van der Waals surface area contributed by atoms with E-state index in [0.29, 0.717) is 23.6 Å². The van der Waals surface area contributed by atoms with Crippen molar-refractivity contribution in [2.45, 2.75) is 65.1 Å². The monoisotopic (exact) mass is 611 g/mol. The quantitative estimate of drug-likeness (QED) is 0.266. The van der Waals surface area contributed by atoms with E-state index >= 15 is 0 Å². The summed E-state index contributed by atoms with van der Waals surface area (Å²) in [4.78, 5) is 29.1. The fourth-order valence-electron chi connectivity index (χ4n) is 4.67. The maximum absolute atomic E-state index is 13.9. The summed E-state index contributed by atoms with van der Waals surface area (Å²) >= 11 is 0. The number of carbonyl (C=O) groups is 2. The highest BCUT2D eigenvalue weighted by Gasteiger charge is 2.32. The van der Waals surface area contributed by atoms with E-state index in [4.69, 9.17) is 4.74 Å². The first-order valence-corrected chi connectivity index (χ1v) is 16.2. The molecule has 8 nitrogen and oxygen atoms in total. The molecule has 0 radical (unpaired) electrons. The van der Waals surface area contributed by atoms with Gasteiger partial charge >= 0.3 is 0 Å². The van der Waals surface area contributed by atoms with Crippen molar-refractivity contribution in [3.8, 4) is 5.75 Å². The molecule has 0 spiro atoms. The number of anilines is 1. The highest BCUT2D eigenvalue weighted by Crippen LogP contribution is 2.23. The molecule has 0 aromatic heterocycles. The van der Waals surface area contributed by atoms with Crippen molar-refractivity contribution in [1.29, 1.82) is 0 Å². The van der Waals surface area contributed by atoms with Crippen molar-refractivity contribution in [1.82, 2.24) is 10.2 Å². The SMILES string of the molecule is CCOc1ccc(N(CCCC(=O)N(Cc2ccc(F)cc2)[C@H](Cc2ccccc2)C(=O)NC(C)(C)C)S(C)(=O)=O)cc1. The molecule has 1 N–H and O–H groups in total. The van der Waals surface area contributed by atoms with Gasteiger partial charge in [-0.25, -0.2) is 12.8 Å². The lowest BCUT2D eigenvalue weighted by Gasteiger charge is -2.34. The predicted molar refractivity (Wildman–Crippen MR) is 168 cm³/mol. The van der Waals surface area contributed by atoms with Gasteiger partial charge in [0, 0.05) is 31.5 Å². The first kappa shape index (κ1) is 33.6. The Labute approximate surface area is 254 Å². The summed E-state index contributed by atoms with van der Waals surface area (Å²) in [5.41, 5.74) is 1.48. The zero-order chi connectivity index (χ0) is 31.6. The van der Waals surface area contributed by atoms with Crippen LogP contribution in [0.3, 0.4) is 0 Å². The third-order valence-electron chi connectivity index (χ3n) is 6.62. The Kier molecular flexibility index (Phi) is 11.7. The average Bonchev–Trinajstić information content (AvgIpc) is 2.93. The van der Waals surface area contributed by atoms with Gasteiger partial charge in [0.05, 0.1) is 18.6 Å². The summed E-state index contributed by atoms with van der Waals surface area (Å²) in [6.45, 7) is 8.13. The molecule has 0 bridgehead atoms. The van der Waals surface area contributed by atoms with Gasteiger partial charge in [0.2, 0.25) is 21.8 Å². The van der Waals surface area contributed by atoms with Gasteiger partial charge in [0.1, 0.15) is 17.6 Å². The Hall–Kier alpha value is -3.92. The van der Waals surface area contributed by atoms with E-state index in [1.807, 2.05) is 58.0 Å². The molecule has 3 aromatic carbocycles. The summed E-state index contributed by atoms with van der Waals surface area (Å²) in [5.74, 6) is -0.388. The van der Waals surface area contributed by atoms with Crippen LogP contribution in [0.15, 0.2) is 78.9 Å². The number of rotatable bonds is 14. The van der Waals surface area contributed by atoms with E-state index in [9.17, 15) is 22.4 Å². The Balaban J connectivity index is 1.87. The second-order valence-electron chi connectivity index (χ2n) is 11.5. The fraction of sp³-hybridized carbons (Fsp3) is 0.394. The van der Waals surface area contributed by atoms with Crippen molar-refractivity contribution in [2.75, 3.05) is 23.7 Å². The van der Waals surface area contributed by atoms with Gasteiger partial charge in [-0.3, -0.25) is 13.9 Å². The minimum atomic E-state index is -3.64. The highest BCUT2D eigenvalue weighted by molar-refractivity contribution is 7.92. The molecule has 0 fully saturated rings. The molecule has 43 heavy (non-hydrogen) atoms. The molecule has 0 saturated heterocycles. The van der Waals surface area contributed by atoms with Gasteiger partial charge in [-0.2, -0.15) is 0 Å². The molecule has 0 heterocycles. The predicted octanol–water partition coefficient (Wildman–Crippen LogP) is 5.33. The van der Waals surface area contributed by atoms with Gasteiger partial charge < -0.3 is 15.0 Å². The molecule has 10 heteroatoms. The van der Waals surface area contributed by atoms with Crippen LogP contribution in [0, 0.1) is 5.82 Å². The molecule has 0 aliphatic rings. The average molecular weight is 612 g/mol. The van der Waals surface area contributed by atoms with Crippen molar-refractivity contribution in [3.05, 3.63) is 95.8 Å². The van der Waals surface area contributed by atoms with Gasteiger partial charge in [-0.15, -0.1) is 0 Å². The number of hydrogen-bond acceptors (Lipinski definition) is 5. The van der Waals surface area contributed by atoms with Crippen LogP contribution in [0.25, 0.3) is 0 Å². The van der Waals surface area contributed by atoms with Crippen LogP contribution >= 0.6 is 0 Å². The van der Waals surface area contributed by atoms with Gasteiger partial charge in [0.15, 0.2) is 0 Å². The lowest BCUT2D eigenvalue weighted by atomic mass is 10.00. The number of amides is 2. The number of carbonyl (C=O) groups excluding carboxylic acids is 2. The van der Waals surface area contributed by atoms with E-state index in [1.54, 1.807) is 36.4 Å². The third-order valence-corrected chi connectivity index (χ3v) is 7.82. The first-order chi connectivity index (χ1) is 20.3. The smallest absolute Gasteiger partial charge is 0.243 e. The third kappa shape index (κ3) is 10.7. The second kappa shape index (κ2) is 15.0. The maximum Gasteiger partial charge on any atom is 0.243 e. The molecule has 0 saturated carbocycles. The highest BCUT2D eigenvalue weighted by atomic mass is 32.2. The van der Waals surface area contributed by atoms with Crippen LogP contribution in [-0.2, 0) is 32.6 Å². The van der Waals surface area contributed by atoms with E-state index in [0.717, 1.165) is 11.8 Å². The minimum Gasteiger partial charge on any atom is -0.494 e. The molecule has 232 valence electrons. The Morgan fingerprint density at radius 1 is 0.930 bits per heavy atom. The van der Waals surface area contributed by atoms with Crippen molar-refractivity contribution in [2.24, 2.45) is 0 Å². The van der Waals surface area contributed by atoms with Crippen LogP contribution in [0.5, 0.6) is 5.75 Å². The standard InChI is InChI=1S/C33H42FN3O5S/c1-6-42-29-20-18-28(19-21-29)37(43(5,40)41)22-10-13-31(38)36(24-26-14-16-27(34)17-15-26)30(32(39)35-33(2,3)4)23-25-11-8-7-9-12-25/h7-9,11-12,14-21,30H,6,10,13,22-24H2,1-5H3,(H,35,39)/t30-/m1/s1. The minimum absolute atomic E-state index is 0.00166. The van der Waals surface area contributed by atoms with Crippen molar-refractivity contribution < 1.29 is 27.1 Å². The van der Waals surface area contributed by atoms with Gasteiger partial charge in [0.25, 0.3) is 0 Å². The zero-order valence-electron chi connectivity index (χ0n) is 25.5. The number of benzene rings is 3. The molecular weight excluding hydrogens is 569 g/mol. The van der Waals surface area contributed by atoms with Crippen LogP contribution in [0.1, 0.15) is 51.7 Å². The van der Waals surface area contributed by atoms with Crippen LogP contribution < -0.4 is 14.4 Å². The molecule has 0 aliphatic heterocycles. The summed E-state index contributed by atoms with van der Waals surface area (Å²) in [7, 11) is -3.64. The van der Waals surface area contributed by atoms with E-state index < -0.39 is 27.4 Å². The summed E-state index contributed by atoms with van der Waals surface area (Å²) in [6, 6.07) is 21.2. The Bertz CT molecular complexity index is 1440. The number of nitrogens with zero attached hydrogens (tertiary/aromatic N) is 2. The molecule has 0 aliphatic carbocycles. The Morgan fingerprint density at radius 2 is 1.56 bits per heavy atom. The topological polar surface area (TPSA) is 96.0 Å². The number of hydrogen-bond donors (Lipinski definition) is 1. The van der Waals surface area contributed by atoms with Crippen molar-refractivity contribution >= 4 is 27.5 Å². The van der Waals surface area contributed by atoms with E-state index in [-0.39, 0.29) is 44.2 Å². The Morgan fingerprint density at radius 3 is 2.12 bits per heavy atom. The fourth-order valence-corrected chi connectivity index (χ4v) is 5.64. The van der Waals surface area contributed by atoms with Crippen molar-refractivity contribution in [3.63, 3.8) is 0 Å². The second-order valence-corrected chi connectivity index (χ2v) is 13.4. The van der Waals surface area contributed by atoms with Gasteiger partial charge in [-0.05, 0) is 81.6 Å². The number of halogens is 1. The van der Waals surface area contributed by atoms with E-state index in [1.165, 1.54) is 21.3 Å². The zero-order valence-corrected chi connectivity index (χ0v) is 26.4. The summed E-state index contributed by atoms with van der Waals surface area (Å²) < 4.78 is 45.7. The maximum atomic E-state index is 13.9. The molecule has 3 rings (SSSR count). The number of sulfonamides is 1. The van der Waals surface area contributed by atoms with Gasteiger partial charge in [-0.1, -0.05) is 42.5 Å². The summed E-state index contributed by atoms with van der Waals surface area (Å²) in [6.07, 6.45) is 1.62. The van der Waals surface area contributed by atoms with Crippen LogP contribution in [0.2, 0.25) is 0 Å². The first-order valence-electron chi connectivity index (χ1n) is 14.4. The number of nitrogens with one attached hydrogen (secondary N) is 1. The lowest BCUT2D eigenvalue weighted by Crippen LogP contribution is -2.54. The molecule has 0 unspecified atom stereocenters. The summed E-state index contributed by atoms with van der Waals surface area (Å²) in [5, 5.41) is 3.01. The van der Waals surface area contributed by atoms with Crippen LogP contribution in [0.4, 0.5) is 10.1 Å². The normalized spacial score (nSPS) is 12.3. The molecule has 1 atom stereocenters. The molecular formula is C33H42FN3O5S.